The van der Waals surface area contributed by atoms with Gasteiger partial charge in [-0.1, -0.05) is 0 Å². The molecule has 1 unspecified atom stereocenters. The smallest absolute Gasteiger partial charge is 0.291 e. The Balaban J connectivity index is 1.83. The number of rotatable bonds is 2. The number of hydrogen-bond acceptors (Lipinski definition) is 4. The highest BCUT2D eigenvalue weighted by atomic mass is 79.9. The predicted molar refractivity (Wildman–Crippen MR) is 72.3 cm³/mol. The summed E-state index contributed by atoms with van der Waals surface area (Å²) in [7, 11) is 0. The van der Waals surface area contributed by atoms with Crippen LogP contribution in [0.4, 0.5) is 4.79 Å². The van der Waals surface area contributed by atoms with Gasteiger partial charge in [0, 0.05) is 12.1 Å². The number of hydrogen-bond donors (Lipinski definition) is 0. The van der Waals surface area contributed by atoms with Crippen LogP contribution in [0.5, 0.6) is 0 Å². The Morgan fingerprint density at radius 1 is 1.21 bits per heavy atom. The molecule has 3 fully saturated rings. The van der Waals surface area contributed by atoms with Gasteiger partial charge in [-0.15, -0.1) is 0 Å². The lowest BCUT2D eigenvalue weighted by molar-refractivity contribution is -0.124. The lowest BCUT2D eigenvalue weighted by Gasteiger charge is -2.44. The second-order valence-electron chi connectivity index (χ2n) is 5.65. The van der Waals surface area contributed by atoms with Crippen LogP contribution in [0.3, 0.4) is 0 Å². The van der Waals surface area contributed by atoms with E-state index in [4.69, 9.17) is 0 Å². The van der Waals surface area contributed by atoms with Crippen molar-refractivity contribution < 1.29 is 9.59 Å². The molecule has 0 bridgehead atoms. The second kappa shape index (κ2) is 3.45. The third-order valence-electron chi connectivity index (χ3n) is 4.09. The molecule has 0 aromatic carbocycles. The average Bonchev–Trinajstić information content (AvgIpc) is 3.18. The van der Waals surface area contributed by atoms with Crippen LogP contribution >= 0.6 is 15.9 Å². The number of aliphatic imine (C=N–C) groups is 2. The van der Waals surface area contributed by atoms with E-state index in [1.54, 1.807) is 11.8 Å². The molecule has 2 aliphatic carbocycles. The summed E-state index contributed by atoms with van der Waals surface area (Å²) in [6.07, 6.45) is 3.77. The van der Waals surface area contributed by atoms with Crippen LogP contribution in [-0.2, 0) is 4.79 Å². The van der Waals surface area contributed by atoms with Gasteiger partial charge in [0.15, 0.2) is 16.1 Å². The van der Waals surface area contributed by atoms with Gasteiger partial charge in [0.05, 0.1) is 0 Å². The molecule has 6 nitrogen and oxygen atoms in total. The summed E-state index contributed by atoms with van der Waals surface area (Å²) in [6.45, 7) is 1.80. The lowest BCUT2D eigenvalue weighted by Crippen LogP contribution is -2.68. The standard InChI is InChI=1S/C12H13BrN4O2/c1-12-8(14-10(13)15-12)9(18)16(6-2-3-6)11(19)17(12)7-4-5-7/h6-7H,2-5H2,1H3. The van der Waals surface area contributed by atoms with Crippen molar-refractivity contribution in [2.45, 2.75) is 50.4 Å². The molecule has 4 rings (SSSR count). The zero-order valence-electron chi connectivity index (χ0n) is 10.5. The fourth-order valence-electron chi connectivity index (χ4n) is 2.88. The minimum absolute atomic E-state index is 0.0628. The van der Waals surface area contributed by atoms with Crippen LogP contribution in [0.1, 0.15) is 32.6 Å². The summed E-state index contributed by atoms with van der Waals surface area (Å²) in [5.41, 5.74) is -0.544. The predicted octanol–water partition coefficient (Wildman–Crippen LogP) is 1.50. The van der Waals surface area contributed by atoms with Crippen molar-refractivity contribution in [3.05, 3.63) is 0 Å². The van der Waals surface area contributed by atoms with Gasteiger partial charge in [-0.3, -0.25) is 14.6 Å². The van der Waals surface area contributed by atoms with E-state index in [-0.39, 0.29) is 24.0 Å². The molecule has 0 aromatic rings. The first kappa shape index (κ1) is 11.6. The number of imide groups is 1. The molecule has 0 aromatic heterocycles. The highest BCUT2D eigenvalue weighted by Gasteiger charge is 2.60. The van der Waals surface area contributed by atoms with Crippen LogP contribution in [0.2, 0.25) is 0 Å². The molecule has 7 heteroatoms. The van der Waals surface area contributed by atoms with Crippen molar-refractivity contribution in [1.29, 1.82) is 0 Å². The summed E-state index contributed by atoms with van der Waals surface area (Å²) in [6, 6.07) is 0.0643. The number of amidine groups is 1. The second-order valence-corrected chi connectivity index (χ2v) is 6.36. The molecule has 2 heterocycles. The van der Waals surface area contributed by atoms with Crippen LogP contribution in [0.25, 0.3) is 0 Å². The number of carbonyl (C=O) groups excluding carboxylic acids is 2. The lowest BCUT2D eigenvalue weighted by atomic mass is 10.0. The van der Waals surface area contributed by atoms with E-state index in [1.807, 2.05) is 0 Å². The first-order chi connectivity index (χ1) is 9.02. The summed E-state index contributed by atoms with van der Waals surface area (Å²) in [5.74, 6) is -0.273. The van der Waals surface area contributed by atoms with E-state index in [0.29, 0.717) is 10.5 Å². The Morgan fingerprint density at radius 2 is 1.84 bits per heavy atom. The van der Waals surface area contributed by atoms with Gasteiger partial charge in [-0.2, -0.15) is 0 Å². The molecule has 19 heavy (non-hydrogen) atoms. The van der Waals surface area contributed by atoms with Crippen LogP contribution < -0.4 is 0 Å². The third kappa shape index (κ3) is 1.47. The van der Waals surface area contributed by atoms with Gasteiger partial charge >= 0.3 is 6.03 Å². The third-order valence-corrected chi connectivity index (χ3v) is 4.44. The zero-order chi connectivity index (χ0) is 13.4. The molecule has 0 radical (unpaired) electrons. The number of amides is 3. The molecule has 4 aliphatic rings. The summed E-state index contributed by atoms with van der Waals surface area (Å²) in [5, 5.41) is 0. The van der Waals surface area contributed by atoms with E-state index < -0.39 is 5.66 Å². The fraction of sp³-hybridized carbons (Fsp3) is 0.667. The van der Waals surface area contributed by atoms with Crippen molar-refractivity contribution in [2.75, 3.05) is 0 Å². The highest BCUT2D eigenvalue weighted by Crippen LogP contribution is 2.43. The zero-order valence-corrected chi connectivity index (χ0v) is 12.1. The number of fused-ring (bicyclic) bond motifs is 1. The molecule has 1 saturated heterocycles. The number of nitrogens with zero attached hydrogens (tertiary/aromatic N) is 4. The van der Waals surface area contributed by atoms with E-state index in [9.17, 15) is 9.59 Å². The largest absolute Gasteiger partial charge is 0.329 e. The van der Waals surface area contributed by atoms with Gasteiger partial charge in [-0.25, -0.2) is 14.8 Å². The van der Waals surface area contributed by atoms with Crippen molar-refractivity contribution >= 4 is 38.3 Å². The van der Waals surface area contributed by atoms with Crippen molar-refractivity contribution in [2.24, 2.45) is 9.98 Å². The molecule has 100 valence electrons. The van der Waals surface area contributed by atoms with Crippen LogP contribution in [0.15, 0.2) is 9.98 Å². The van der Waals surface area contributed by atoms with Gasteiger partial charge < -0.3 is 0 Å². The van der Waals surface area contributed by atoms with Gasteiger partial charge in [-0.05, 0) is 48.5 Å². The first-order valence-electron chi connectivity index (χ1n) is 6.54. The Morgan fingerprint density at radius 3 is 2.42 bits per heavy atom. The van der Waals surface area contributed by atoms with Gasteiger partial charge in [0.2, 0.25) is 0 Å². The van der Waals surface area contributed by atoms with E-state index in [2.05, 4.69) is 25.9 Å². The Hall–Kier alpha value is -1.24. The summed E-state index contributed by atoms with van der Waals surface area (Å²) < 4.78 is 0.398. The fourth-order valence-corrected chi connectivity index (χ4v) is 3.40. The van der Waals surface area contributed by atoms with Gasteiger partial charge in [0.25, 0.3) is 5.91 Å². The molecule has 2 aliphatic heterocycles. The maximum atomic E-state index is 12.6. The molecular weight excluding hydrogens is 312 g/mol. The Kier molecular flexibility index (Phi) is 2.10. The average molecular weight is 325 g/mol. The molecule has 2 saturated carbocycles. The maximum absolute atomic E-state index is 12.6. The molecule has 0 N–H and O–H groups in total. The molecule has 1 atom stereocenters. The van der Waals surface area contributed by atoms with Crippen LogP contribution in [0, 0.1) is 0 Å². The molecule has 3 amide bonds. The topological polar surface area (TPSA) is 65.3 Å². The quantitative estimate of drug-likeness (QED) is 0.722. The molecular formula is C12H13BrN4O2. The van der Waals surface area contributed by atoms with E-state index in [1.165, 1.54) is 4.90 Å². The minimum atomic E-state index is -0.917. The maximum Gasteiger partial charge on any atom is 0.329 e. The minimum Gasteiger partial charge on any atom is -0.291 e. The molecule has 0 spiro atoms. The summed E-state index contributed by atoms with van der Waals surface area (Å²) in [4.78, 5) is 36.9. The SMILES string of the molecule is CC12N=C(Br)N=C1C(=O)N(C1CC1)C(=O)N2C1CC1. The van der Waals surface area contributed by atoms with Gasteiger partial charge in [0.1, 0.15) is 0 Å². The van der Waals surface area contributed by atoms with E-state index in [0.717, 1.165) is 25.7 Å². The number of halogens is 1. The first-order valence-corrected chi connectivity index (χ1v) is 7.33. The highest BCUT2D eigenvalue weighted by molar-refractivity contribution is 9.18. The van der Waals surface area contributed by atoms with Crippen LogP contribution in [-0.4, -0.2) is 49.9 Å². The van der Waals surface area contributed by atoms with Crippen molar-refractivity contribution in [1.82, 2.24) is 9.80 Å². The summed E-state index contributed by atoms with van der Waals surface area (Å²) >= 11 is 3.23. The normalized spacial score (nSPS) is 34.4. The Bertz CT molecular complexity index is 564. The van der Waals surface area contributed by atoms with Crippen molar-refractivity contribution in [3.8, 4) is 0 Å². The Labute approximate surface area is 118 Å². The number of urea groups is 1. The van der Waals surface area contributed by atoms with E-state index >= 15 is 0 Å². The number of carbonyl (C=O) groups is 2. The monoisotopic (exact) mass is 324 g/mol. The van der Waals surface area contributed by atoms with Crippen molar-refractivity contribution in [3.63, 3.8) is 0 Å².